The Bertz CT molecular complexity index is 659. The van der Waals surface area contributed by atoms with E-state index in [0.29, 0.717) is 29.6 Å². The number of nitrogens with zero attached hydrogens (tertiary/aromatic N) is 1. The third-order valence-electron chi connectivity index (χ3n) is 3.39. The summed E-state index contributed by atoms with van der Waals surface area (Å²) in [5, 5.41) is 17.1. The molecule has 0 aliphatic carbocycles. The number of nitrogens with one attached hydrogen (secondary N) is 2. The Morgan fingerprint density at radius 1 is 1.12 bits per heavy atom. The van der Waals surface area contributed by atoms with Gasteiger partial charge in [-0.2, -0.15) is 0 Å². The van der Waals surface area contributed by atoms with Gasteiger partial charge in [0.25, 0.3) is 0 Å². The second-order valence-electron chi connectivity index (χ2n) is 5.27. The molecule has 1 atom stereocenters. The van der Waals surface area contributed by atoms with Gasteiger partial charge in [0.1, 0.15) is 5.82 Å². The molecule has 0 saturated heterocycles. The van der Waals surface area contributed by atoms with Crippen molar-refractivity contribution in [1.82, 2.24) is 10.6 Å². The Kier molecular flexibility index (Phi) is 7.03. The second kappa shape index (κ2) is 9.25. The first-order valence-electron chi connectivity index (χ1n) is 7.78. The first kappa shape index (κ1) is 18.2. The molecule has 2 aromatic carbocycles. The molecule has 6 heteroatoms. The van der Waals surface area contributed by atoms with E-state index in [9.17, 15) is 9.50 Å². The molecule has 4 nitrogen and oxygen atoms in total. The van der Waals surface area contributed by atoms with Crippen LogP contribution in [0.1, 0.15) is 24.2 Å². The summed E-state index contributed by atoms with van der Waals surface area (Å²) in [5.41, 5.74) is 1.69. The van der Waals surface area contributed by atoms with Crippen molar-refractivity contribution < 1.29 is 9.50 Å². The number of halogens is 2. The lowest BCUT2D eigenvalue weighted by Gasteiger charge is -2.15. The van der Waals surface area contributed by atoms with Gasteiger partial charge in [-0.15, -0.1) is 0 Å². The van der Waals surface area contributed by atoms with Crippen molar-refractivity contribution in [3.8, 4) is 0 Å². The van der Waals surface area contributed by atoms with Crippen molar-refractivity contribution in [1.29, 1.82) is 0 Å². The van der Waals surface area contributed by atoms with Gasteiger partial charge in [0.15, 0.2) is 5.96 Å². The van der Waals surface area contributed by atoms with Gasteiger partial charge in [-0.25, -0.2) is 9.38 Å². The molecule has 2 aromatic rings. The normalized spacial score (nSPS) is 12.8. The molecule has 3 N–H and O–H groups in total. The first-order chi connectivity index (χ1) is 11.6. The SMILES string of the molecule is CCNC(=NCc1ccc(Cl)cc1)NCC(O)c1ccc(F)cc1. The van der Waals surface area contributed by atoms with E-state index in [1.807, 2.05) is 31.2 Å². The molecule has 0 aliphatic heterocycles. The summed E-state index contributed by atoms with van der Waals surface area (Å²) in [6, 6.07) is 13.3. The molecule has 0 heterocycles. The minimum absolute atomic E-state index is 0.276. The van der Waals surface area contributed by atoms with Crippen LogP contribution in [-0.4, -0.2) is 24.2 Å². The fraction of sp³-hybridized carbons (Fsp3) is 0.278. The van der Waals surface area contributed by atoms with E-state index in [1.165, 1.54) is 12.1 Å². The number of guanidine groups is 1. The smallest absolute Gasteiger partial charge is 0.191 e. The Morgan fingerprint density at radius 3 is 2.42 bits per heavy atom. The van der Waals surface area contributed by atoms with Gasteiger partial charge in [0, 0.05) is 18.1 Å². The Balaban J connectivity index is 1.93. The number of aliphatic hydroxyl groups is 1. The largest absolute Gasteiger partial charge is 0.387 e. The maximum absolute atomic E-state index is 12.9. The molecule has 0 aliphatic rings. The van der Waals surface area contributed by atoms with Gasteiger partial charge in [-0.3, -0.25) is 0 Å². The number of benzene rings is 2. The van der Waals surface area contributed by atoms with Crippen molar-refractivity contribution in [2.75, 3.05) is 13.1 Å². The lowest BCUT2D eigenvalue weighted by atomic mass is 10.1. The van der Waals surface area contributed by atoms with Crippen molar-refractivity contribution in [3.63, 3.8) is 0 Å². The van der Waals surface area contributed by atoms with Crippen LogP contribution in [0.4, 0.5) is 4.39 Å². The van der Waals surface area contributed by atoms with Gasteiger partial charge in [0.2, 0.25) is 0 Å². The van der Waals surface area contributed by atoms with Crippen LogP contribution in [0.15, 0.2) is 53.5 Å². The third kappa shape index (κ3) is 5.83. The Labute approximate surface area is 146 Å². The van der Waals surface area contributed by atoms with Crippen LogP contribution in [0, 0.1) is 5.82 Å². The van der Waals surface area contributed by atoms with Crippen molar-refractivity contribution in [2.45, 2.75) is 19.6 Å². The quantitative estimate of drug-likeness (QED) is 0.554. The van der Waals surface area contributed by atoms with Gasteiger partial charge in [0.05, 0.1) is 12.6 Å². The molecular formula is C18H21ClFN3O. The monoisotopic (exact) mass is 349 g/mol. The van der Waals surface area contributed by atoms with E-state index in [-0.39, 0.29) is 12.4 Å². The van der Waals surface area contributed by atoms with Crippen LogP contribution in [0.25, 0.3) is 0 Å². The molecule has 2 rings (SSSR count). The number of aliphatic hydroxyl groups excluding tert-OH is 1. The highest BCUT2D eigenvalue weighted by molar-refractivity contribution is 6.30. The zero-order chi connectivity index (χ0) is 17.4. The number of hydrogen-bond acceptors (Lipinski definition) is 2. The Hall–Kier alpha value is -2.11. The maximum atomic E-state index is 12.9. The highest BCUT2D eigenvalue weighted by Gasteiger charge is 2.08. The van der Waals surface area contributed by atoms with Crippen LogP contribution >= 0.6 is 11.6 Å². The van der Waals surface area contributed by atoms with Crippen molar-refractivity contribution in [2.24, 2.45) is 4.99 Å². The van der Waals surface area contributed by atoms with Crippen LogP contribution in [0.2, 0.25) is 5.02 Å². The third-order valence-corrected chi connectivity index (χ3v) is 3.65. The molecule has 0 radical (unpaired) electrons. The number of rotatable bonds is 6. The minimum Gasteiger partial charge on any atom is -0.387 e. The minimum atomic E-state index is -0.745. The van der Waals surface area contributed by atoms with Crippen LogP contribution in [0.5, 0.6) is 0 Å². The van der Waals surface area contributed by atoms with Crippen LogP contribution in [-0.2, 0) is 6.54 Å². The first-order valence-corrected chi connectivity index (χ1v) is 8.16. The predicted octanol–water partition coefficient (Wildman–Crippen LogP) is 3.27. The molecular weight excluding hydrogens is 329 g/mol. The Morgan fingerprint density at radius 2 is 1.79 bits per heavy atom. The molecule has 128 valence electrons. The summed E-state index contributed by atoms with van der Waals surface area (Å²) in [5.74, 6) is 0.283. The van der Waals surface area contributed by atoms with E-state index in [4.69, 9.17) is 11.6 Å². The molecule has 0 spiro atoms. The van der Waals surface area contributed by atoms with Crippen LogP contribution in [0.3, 0.4) is 0 Å². The van der Waals surface area contributed by atoms with E-state index >= 15 is 0 Å². The summed E-state index contributed by atoms with van der Waals surface area (Å²) < 4.78 is 12.9. The second-order valence-corrected chi connectivity index (χ2v) is 5.71. The molecule has 0 saturated carbocycles. The van der Waals surface area contributed by atoms with Crippen LogP contribution < -0.4 is 10.6 Å². The summed E-state index contributed by atoms with van der Waals surface area (Å²) in [6.07, 6.45) is -0.745. The fourth-order valence-electron chi connectivity index (χ4n) is 2.10. The molecule has 0 bridgehead atoms. The van der Waals surface area contributed by atoms with Crippen molar-refractivity contribution in [3.05, 3.63) is 70.5 Å². The van der Waals surface area contributed by atoms with E-state index in [2.05, 4.69) is 15.6 Å². The lowest BCUT2D eigenvalue weighted by molar-refractivity contribution is 0.180. The predicted molar refractivity (Wildman–Crippen MR) is 95.6 cm³/mol. The average molecular weight is 350 g/mol. The van der Waals surface area contributed by atoms with Gasteiger partial charge in [-0.05, 0) is 42.3 Å². The van der Waals surface area contributed by atoms with E-state index < -0.39 is 6.10 Å². The summed E-state index contributed by atoms with van der Waals surface area (Å²) in [7, 11) is 0. The number of aliphatic imine (C=N–C) groups is 1. The molecule has 1 unspecified atom stereocenters. The molecule has 0 amide bonds. The fourth-order valence-corrected chi connectivity index (χ4v) is 2.22. The molecule has 0 aromatic heterocycles. The molecule has 0 fully saturated rings. The number of hydrogen-bond donors (Lipinski definition) is 3. The van der Waals surface area contributed by atoms with Gasteiger partial charge in [-0.1, -0.05) is 35.9 Å². The van der Waals surface area contributed by atoms with Gasteiger partial charge >= 0.3 is 0 Å². The lowest BCUT2D eigenvalue weighted by Crippen LogP contribution is -2.39. The summed E-state index contributed by atoms with van der Waals surface area (Å²) >= 11 is 5.86. The highest BCUT2D eigenvalue weighted by Crippen LogP contribution is 2.12. The topological polar surface area (TPSA) is 56.7 Å². The highest BCUT2D eigenvalue weighted by atomic mass is 35.5. The van der Waals surface area contributed by atoms with Gasteiger partial charge < -0.3 is 15.7 Å². The van der Waals surface area contributed by atoms with E-state index in [1.54, 1.807) is 12.1 Å². The zero-order valence-electron chi connectivity index (χ0n) is 13.5. The zero-order valence-corrected chi connectivity index (χ0v) is 14.2. The van der Waals surface area contributed by atoms with E-state index in [0.717, 1.165) is 5.56 Å². The van der Waals surface area contributed by atoms with Crippen molar-refractivity contribution >= 4 is 17.6 Å². The molecule has 24 heavy (non-hydrogen) atoms. The summed E-state index contributed by atoms with van der Waals surface area (Å²) in [4.78, 5) is 4.47. The maximum Gasteiger partial charge on any atom is 0.191 e. The average Bonchev–Trinajstić information content (AvgIpc) is 2.59. The standard InChI is InChI=1S/C18H21ClFN3O/c1-2-21-18(22-11-13-3-7-15(19)8-4-13)23-12-17(24)14-5-9-16(20)10-6-14/h3-10,17,24H,2,11-12H2,1H3,(H2,21,22,23). The summed E-state index contributed by atoms with van der Waals surface area (Å²) in [6.45, 7) is 3.45.